The largest absolute Gasteiger partial charge is 0.351 e. The second-order valence-electron chi connectivity index (χ2n) is 7.59. The molecule has 2 aliphatic heterocycles. The number of nitrogens with zero attached hydrogens (tertiary/aromatic N) is 3. The highest BCUT2D eigenvalue weighted by Crippen LogP contribution is 2.36. The summed E-state index contributed by atoms with van der Waals surface area (Å²) >= 11 is 0. The van der Waals surface area contributed by atoms with Crippen LogP contribution in [0.3, 0.4) is 0 Å². The summed E-state index contributed by atoms with van der Waals surface area (Å²) in [6.45, 7) is 3.08. The molecule has 0 aliphatic carbocycles. The van der Waals surface area contributed by atoms with Crippen LogP contribution in [0.4, 0.5) is 4.39 Å². The molecular formula is C21H25FN4O2. The maximum atomic E-state index is 13.9. The third-order valence-electron chi connectivity index (χ3n) is 5.93. The molecule has 3 atom stereocenters. The van der Waals surface area contributed by atoms with Gasteiger partial charge in [0.15, 0.2) is 0 Å². The number of nitrogens with one attached hydrogen (secondary N) is 1. The number of amides is 2. The average Bonchev–Trinajstić information content (AvgIpc) is 3.28. The number of likely N-dealkylation sites (tertiary alicyclic amines) is 1. The zero-order valence-electron chi connectivity index (χ0n) is 16.0. The molecule has 0 radical (unpaired) electrons. The Morgan fingerprint density at radius 3 is 3.00 bits per heavy atom. The summed E-state index contributed by atoms with van der Waals surface area (Å²) in [5, 5.41) is 3.13. The fraction of sp³-hybridized carbons (Fsp3) is 0.476. The van der Waals surface area contributed by atoms with Crippen LogP contribution in [0.5, 0.6) is 0 Å². The fourth-order valence-electron chi connectivity index (χ4n) is 4.53. The number of hydrogen-bond acceptors (Lipinski definition) is 3. The molecule has 1 aromatic heterocycles. The third-order valence-corrected chi connectivity index (χ3v) is 5.93. The molecule has 3 heterocycles. The summed E-state index contributed by atoms with van der Waals surface area (Å²) in [5.74, 6) is -0.517. The molecule has 7 heteroatoms. The normalized spacial score (nSPS) is 25.0. The molecule has 28 heavy (non-hydrogen) atoms. The first-order valence-electron chi connectivity index (χ1n) is 9.94. The molecule has 0 spiro atoms. The zero-order chi connectivity index (χ0) is 19.7. The number of hydrogen-bond donors (Lipinski definition) is 1. The summed E-state index contributed by atoms with van der Waals surface area (Å²) in [6.07, 6.45) is 6.27. The Kier molecular flexibility index (Phi) is 5.15. The van der Waals surface area contributed by atoms with E-state index in [4.69, 9.17) is 0 Å². The van der Waals surface area contributed by atoms with Crippen LogP contribution in [-0.4, -0.2) is 44.9 Å². The lowest BCUT2D eigenvalue weighted by molar-refractivity contribution is -0.122. The van der Waals surface area contributed by atoms with Crippen LogP contribution < -0.4 is 5.32 Å². The van der Waals surface area contributed by atoms with Crippen molar-refractivity contribution in [3.8, 4) is 0 Å². The lowest BCUT2D eigenvalue weighted by Crippen LogP contribution is -2.49. The van der Waals surface area contributed by atoms with Gasteiger partial charge in [-0.15, -0.1) is 0 Å². The van der Waals surface area contributed by atoms with Gasteiger partial charge in [-0.3, -0.25) is 9.59 Å². The number of carbonyl (C=O) groups is 2. The van der Waals surface area contributed by atoms with Crippen LogP contribution in [0.1, 0.15) is 54.6 Å². The topological polar surface area (TPSA) is 67.2 Å². The number of benzene rings is 1. The monoisotopic (exact) mass is 384 g/mol. The van der Waals surface area contributed by atoms with Crippen LogP contribution in [0, 0.1) is 5.82 Å². The lowest BCUT2D eigenvalue weighted by Gasteiger charge is -2.31. The molecule has 0 saturated carbocycles. The van der Waals surface area contributed by atoms with Gasteiger partial charge in [0.1, 0.15) is 11.5 Å². The Labute approximate surface area is 163 Å². The molecular weight excluding hydrogens is 359 g/mol. The number of aromatic nitrogens is 2. The summed E-state index contributed by atoms with van der Waals surface area (Å²) in [6, 6.07) is 6.16. The summed E-state index contributed by atoms with van der Waals surface area (Å²) < 4.78 is 15.7. The first-order chi connectivity index (χ1) is 13.6. The molecule has 1 N–H and O–H groups in total. The van der Waals surface area contributed by atoms with Crippen molar-refractivity contribution in [1.82, 2.24) is 19.8 Å². The standard InChI is InChI=1S/C21H25FN4O2/c1-2-25-13-23-11-18(25)21(28)26-12-16(14-6-5-7-15(22)10-14)20-17(26)8-3-4-9-19(27)24-20/h5-7,10-11,13,16-17,20H,2-4,8-9,12H2,1H3,(H,24,27)/t16-,17+,20-/m0/s1. The van der Waals surface area contributed by atoms with Crippen molar-refractivity contribution in [1.29, 1.82) is 0 Å². The predicted octanol–water partition coefficient (Wildman–Crippen LogP) is 2.71. The number of rotatable bonds is 3. The quantitative estimate of drug-likeness (QED) is 0.885. The Morgan fingerprint density at radius 1 is 1.36 bits per heavy atom. The Bertz CT molecular complexity index is 881. The first-order valence-corrected chi connectivity index (χ1v) is 9.94. The van der Waals surface area contributed by atoms with E-state index in [1.54, 1.807) is 18.6 Å². The highest BCUT2D eigenvalue weighted by Gasteiger charge is 2.46. The van der Waals surface area contributed by atoms with Gasteiger partial charge in [0.05, 0.1) is 24.6 Å². The number of carbonyl (C=O) groups excluding carboxylic acids is 2. The van der Waals surface area contributed by atoms with Crippen LogP contribution in [0.25, 0.3) is 0 Å². The van der Waals surface area contributed by atoms with E-state index < -0.39 is 0 Å². The number of halogens is 1. The van der Waals surface area contributed by atoms with Crippen LogP contribution >= 0.6 is 0 Å². The van der Waals surface area contributed by atoms with Crippen molar-refractivity contribution in [2.45, 2.75) is 57.2 Å². The van der Waals surface area contributed by atoms with Gasteiger partial charge in [0.2, 0.25) is 5.91 Å². The third kappa shape index (κ3) is 3.41. The van der Waals surface area contributed by atoms with Gasteiger partial charge in [-0.25, -0.2) is 9.37 Å². The van der Waals surface area contributed by atoms with E-state index in [0.717, 1.165) is 24.8 Å². The van der Waals surface area contributed by atoms with Gasteiger partial charge in [0.25, 0.3) is 5.91 Å². The second kappa shape index (κ2) is 7.73. The number of fused-ring (bicyclic) bond motifs is 1. The van der Waals surface area contributed by atoms with Gasteiger partial charge in [-0.1, -0.05) is 18.6 Å². The van der Waals surface area contributed by atoms with Crippen molar-refractivity contribution in [2.75, 3.05) is 6.54 Å². The van der Waals surface area contributed by atoms with Crippen LogP contribution in [0.2, 0.25) is 0 Å². The van der Waals surface area contributed by atoms with Gasteiger partial charge in [-0.05, 0) is 37.5 Å². The van der Waals surface area contributed by atoms with Crippen molar-refractivity contribution in [2.24, 2.45) is 0 Å². The average molecular weight is 384 g/mol. The Hall–Kier alpha value is -2.70. The Morgan fingerprint density at radius 2 is 2.21 bits per heavy atom. The number of aryl methyl sites for hydroxylation is 1. The van der Waals surface area contributed by atoms with Gasteiger partial charge < -0.3 is 14.8 Å². The molecule has 6 nitrogen and oxygen atoms in total. The lowest BCUT2D eigenvalue weighted by atomic mass is 9.88. The van der Waals surface area contributed by atoms with E-state index in [-0.39, 0.29) is 35.6 Å². The van der Waals surface area contributed by atoms with Gasteiger partial charge in [0, 0.05) is 25.4 Å². The SMILES string of the molecule is CCn1cncc1C(=O)N1C[C@@H](c2cccc(F)c2)[C@@H]2NC(=O)CCCC[C@H]21. The van der Waals surface area contributed by atoms with Crippen LogP contribution in [-0.2, 0) is 11.3 Å². The molecule has 2 aliphatic rings. The number of imidazole rings is 1. The van der Waals surface area contributed by atoms with Gasteiger partial charge >= 0.3 is 0 Å². The van der Waals surface area contributed by atoms with Crippen LogP contribution in [0.15, 0.2) is 36.8 Å². The van der Waals surface area contributed by atoms with Crippen molar-refractivity contribution < 1.29 is 14.0 Å². The molecule has 0 bridgehead atoms. The van der Waals surface area contributed by atoms with E-state index in [1.165, 1.54) is 12.1 Å². The van der Waals surface area contributed by atoms with Crippen molar-refractivity contribution >= 4 is 11.8 Å². The minimum Gasteiger partial charge on any atom is -0.351 e. The molecule has 0 unspecified atom stereocenters. The molecule has 2 aromatic rings. The summed E-state index contributed by atoms with van der Waals surface area (Å²) in [4.78, 5) is 31.6. The van der Waals surface area contributed by atoms with E-state index in [1.807, 2.05) is 22.5 Å². The van der Waals surface area contributed by atoms with Crippen molar-refractivity contribution in [3.63, 3.8) is 0 Å². The maximum Gasteiger partial charge on any atom is 0.272 e. The molecule has 2 saturated heterocycles. The fourth-order valence-corrected chi connectivity index (χ4v) is 4.53. The Balaban J connectivity index is 1.70. The highest BCUT2D eigenvalue weighted by molar-refractivity contribution is 5.93. The molecule has 148 valence electrons. The van der Waals surface area contributed by atoms with E-state index in [9.17, 15) is 14.0 Å². The molecule has 2 amide bonds. The van der Waals surface area contributed by atoms with E-state index in [2.05, 4.69) is 10.3 Å². The first kappa shape index (κ1) is 18.7. The predicted molar refractivity (Wildman–Crippen MR) is 102 cm³/mol. The van der Waals surface area contributed by atoms with Gasteiger partial charge in [-0.2, -0.15) is 0 Å². The minimum atomic E-state index is -0.306. The van der Waals surface area contributed by atoms with Crippen molar-refractivity contribution in [3.05, 3.63) is 53.9 Å². The minimum absolute atomic E-state index is 0.00371. The maximum absolute atomic E-state index is 13.9. The van der Waals surface area contributed by atoms with E-state index >= 15 is 0 Å². The second-order valence-corrected chi connectivity index (χ2v) is 7.59. The molecule has 1 aromatic carbocycles. The molecule has 2 fully saturated rings. The smallest absolute Gasteiger partial charge is 0.272 e. The van der Waals surface area contributed by atoms with E-state index in [0.29, 0.717) is 25.2 Å². The zero-order valence-corrected chi connectivity index (χ0v) is 16.0. The summed E-state index contributed by atoms with van der Waals surface area (Å²) in [7, 11) is 0. The highest BCUT2D eigenvalue weighted by atomic mass is 19.1. The molecule has 4 rings (SSSR count). The summed E-state index contributed by atoms with van der Waals surface area (Å²) in [5.41, 5.74) is 1.37.